The van der Waals surface area contributed by atoms with E-state index < -0.39 is 17.5 Å². The normalized spacial score (nSPS) is 22.6. The first kappa shape index (κ1) is 24.9. The number of benzene rings is 2. The number of urea groups is 1. The molecule has 0 bridgehead atoms. The number of piperazine rings is 1. The smallest absolute Gasteiger partial charge is 0.323 e. The molecule has 39 heavy (non-hydrogen) atoms. The highest BCUT2D eigenvalue weighted by Gasteiger charge is 2.48. The maximum Gasteiger partial charge on any atom is 0.323 e. The number of nitrogens with one attached hydrogen (secondary N) is 3. The summed E-state index contributed by atoms with van der Waals surface area (Å²) in [5.74, 6) is 6.16. The highest BCUT2D eigenvalue weighted by atomic mass is 16.5. The number of nitrogens with zero attached hydrogens (tertiary/aromatic N) is 3. The Balaban J connectivity index is 1.17. The van der Waals surface area contributed by atoms with Gasteiger partial charge in [0.05, 0.1) is 13.7 Å². The van der Waals surface area contributed by atoms with Crippen LogP contribution in [0, 0.1) is 17.3 Å². The van der Waals surface area contributed by atoms with Gasteiger partial charge in [-0.1, -0.05) is 30.0 Å². The number of hydrogen-bond donors (Lipinski definition) is 3. The van der Waals surface area contributed by atoms with Gasteiger partial charge in [0.25, 0.3) is 11.8 Å². The zero-order valence-electron chi connectivity index (χ0n) is 21.8. The van der Waals surface area contributed by atoms with E-state index in [0.717, 1.165) is 43.3 Å². The van der Waals surface area contributed by atoms with Gasteiger partial charge in [-0.25, -0.2) is 4.79 Å². The Hall–Kier alpha value is -4.36. The van der Waals surface area contributed by atoms with E-state index in [9.17, 15) is 14.4 Å². The van der Waals surface area contributed by atoms with Crippen molar-refractivity contribution in [3.63, 3.8) is 0 Å². The monoisotopic (exact) mass is 526 g/mol. The second-order valence-electron chi connectivity index (χ2n) is 10.4. The minimum absolute atomic E-state index is 0.0943. The van der Waals surface area contributed by atoms with Crippen LogP contribution in [-0.2, 0) is 11.3 Å². The number of methoxy groups -OCH3 is 1. The number of amides is 4. The lowest BCUT2D eigenvalue weighted by Crippen LogP contribution is -2.54. The van der Waals surface area contributed by atoms with E-state index in [2.05, 4.69) is 32.3 Å². The zero-order chi connectivity index (χ0) is 27.1. The van der Waals surface area contributed by atoms with Crippen LogP contribution in [0.25, 0.3) is 0 Å². The Morgan fingerprint density at radius 3 is 2.46 bits per heavy atom. The van der Waals surface area contributed by atoms with Gasteiger partial charge in [0.15, 0.2) is 0 Å². The Kier molecular flexibility index (Phi) is 6.23. The molecule has 1 saturated carbocycles. The number of amidine groups is 1. The van der Waals surface area contributed by atoms with Gasteiger partial charge in [-0.2, -0.15) is 0 Å². The van der Waals surface area contributed by atoms with Crippen molar-refractivity contribution in [2.24, 2.45) is 0 Å². The fraction of sp³-hybridized carbons (Fsp3) is 0.379. The van der Waals surface area contributed by atoms with E-state index in [1.807, 2.05) is 30.3 Å². The minimum atomic E-state index is -1.58. The highest BCUT2D eigenvalue weighted by Crippen LogP contribution is 2.29. The number of imide groups is 1. The molecule has 3 fully saturated rings. The van der Waals surface area contributed by atoms with Crippen LogP contribution >= 0.6 is 0 Å². The van der Waals surface area contributed by atoms with Crippen molar-refractivity contribution in [1.29, 1.82) is 5.41 Å². The predicted octanol–water partition coefficient (Wildman–Crippen LogP) is 1.39. The first-order valence-corrected chi connectivity index (χ1v) is 13.2. The average molecular weight is 527 g/mol. The van der Waals surface area contributed by atoms with Gasteiger partial charge >= 0.3 is 6.03 Å². The van der Waals surface area contributed by atoms with Crippen molar-refractivity contribution in [3.05, 3.63) is 64.7 Å². The summed E-state index contributed by atoms with van der Waals surface area (Å²) < 4.78 is 5.24. The molecule has 10 heteroatoms. The van der Waals surface area contributed by atoms with Gasteiger partial charge in [0.1, 0.15) is 11.6 Å². The summed E-state index contributed by atoms with van der Waals surface area (Å²) in [6.45, 7) is 3.88. The van der Waals surface area contributed by atoms with Crippen molar-refractivity contribution >= 4 is 23.7 Å². The van der Waals surface area contributed by atoms with E-state index in [-0.39, 0.29) is 12.5 Å². The Morgan fingerprint density at radius 1 is 1.08 bits per heavy atom. The van der Waals surface area contributed by atoms with Crippen molar-refractivity contribution < 1.29 is 19.1 Å². The molecule has 10 nitrogen and oxygen atoms in total. The number of fused-ring (bicyclic) bond motifs is 1. The average Bonchev–Trinajstić information content (AvgIpc) is 3.71. The highest BCUT2D eigenvalue weighted by molar-refractivity contribution is 6.10. The molecule has 0 radical (unpaired) electrons. The molecule has 1 aliphatic carbocycles. The Labute approximate surface area is 226 Å². The van der Waals surface area contributed by atoms with E-state index >= 15 is 0 Å². The van der Waals surface area contributed by atoms with Gasteiger partial charge in [-0.3, -0.25) is 25.2 Å². The molecule has 0 spiro atoms. The van der Waals surface area contributed by atoms with Gasteiger partial charge in [-0.05, 0) is 42.7 Å². The summed E-state index contributed by atoms with van der Waals surface area (Å²) in [5, 5.41) is 13.5. The molecule has 3 N–H and O–H groups in total. The van der Waals surface area contributed by atoms with Gasteiger partial charge in [-0.15, -0.1) is 0 Å². The first-order valence-electron chi connectivity index (χ1n) is 13.2. The van der Waals surface area contributed by atoms with Gasteiger partial charge < -0.3 is 19.9 Å². The maximum atomic E-state index is 13.1. The quantitative estimate of drug-likeness (QED) is 0.235. The number of ether oxygens (including phenoxy) is 1. The largest absolute Gasteiger partial charge is 0.497 e. The van der Waals surface area contributed by atoms with E-state index in [0.29, 0.717) is 29.3 Å². The van der Waals surface area contributed by atoms with Crippen LogP contribution in [0.2, 0.25) is 0 Å². The molecule has 0 aromatic heterocycles. The molecular formula is C29H30N6O4. The lowest BCUT2D eigenvalue weighted by atomic mass is 9.99. The summed E-state index contributed by atoms with van der Waals surface area (Å²) in [7, 11) is 1.54. The molecule has 3 heterocycles. The first-order chi connectivity index (χ1) is 18.8. The van der Waals surface area contributed by atoms with Gasteiger partial charge in [0.2, 0.25) is 5.54 Å². The third kappa shape index (κ3) is 4.81. The van der Waals surface area contributed by atoms with Crippen molar-refractivity contribution in [1.82, 2.24) is 25.3 Å². The topological polar surface area (TPSA) is 118 Å². The second-order valence-corrected chi connectivity index (χ2v) is 10.4. The molecule has 1 unspecified atom stereocenters. The summed E-state index contributed by atoms with van der Waals surface area (Å²) in [5.41, 5.74) is 1.19. The molecule has 2 saturated heterocycles. The van der Waals surface area contributed by atoms with E-state index in [1.54, 1.807) is 12.1 Å². The standard InChI is InChI=1S/C29H30N6O4/c1-39-23-9-6-21-17-35(26(36)24(21)16-23)18-29(27(37)31-28(38)32-29)11-10-19-2-4-20(5-3-19)25(30)34-14-12-33(13-15-34)22-7-8-22/h2-6,9,16,22,30H,7-8,12-15,17-18H2,1H3,(H2,31,32,37,38). The molecule has 2 aromatic rings. The van der Waals surface area contributed by atoms with Crippen LogP contribution < -0.4 is 15.4 Å². The van der Waals surface area contributed by atoms with Crippen LogP contribution in [0.3, 0.4) is 0 Å². The molecule has 4 aliphatic rings. The maximum absolute atomic E-state index is 13.1. The van der Waals surface area contributed by atoms with Crippen molar-refractivity contribution in [3.8, 4) is 17.6 Å². The van der Waals surface area contributed by atoms with Crippen LogP contribution in [-0.4, -0.2) is 89.8 Å². The Bertz CT molecular complexity index is 1420. The third-order valence-corrected chi connectivity index (χ3v) is 7.84. The summed E-state index contributed by atoms with van der Waals surface area (Å²) in [6, 6.07) is 12.7. The van der Waals surface area contributed by atoms with Crippen molar-refractivity contribution in [2.75, 3.05) is 39.8 Å². The lowest BCUT2D eigenvalue weighted by molar-refractivity contribution is -0.122. The number of carbonyl (C=O) groups is 3. The van der Waals surface area contributed by atoms with E-state index in [1.165, 1.54) is 24.9 Å². The fourth-order valence-corrected chi connectivity index (χ4v) is 5.44. The molecule has 3 aliphatic heterocycles. The van der Waals surface area contributed by atoms with Crippen LogP contribution in [0.1, 0.15) is 39.9 Å². The molecule has 1 atom stereocenters. The molecule has 6 rings (SSSR count). The number of rotatable bonds is 5. The predicted molar refractivity (Wildman–Crippen MR) is 143 cm³/mol. The van der Waals surface area contributed by atoms with Crippen LogP contribution in [0.4, 0.5) is 4.79 Å². The summed E-state index contributed by atoms with van der Waals surface area (Å²) in [4.78, 5) is 44.2. The summed E-state index contributed by atoms with van der Waals surface area (Å²) in [6.07, 6.45) is 2.59. The zero-order valence-corrected chi connectivity index (χ0v) is 21.8. The Morgan fingerprint density at radius 2 is 1.82 bits per heavy atom. The third-order valence-electron chi connectivity index (χ3n) is 7.84. The molecule has 200 valence electrons. The minimum Gasteiger partial charge on any atom is -0.497 e. The SMILES string of the molecule is COc1ccc2c(c1)C(=O)N(CC1(C#Cc3ccc(C(=N)N4CCN(C5CC5)CC4)cc3)NC(=O)NC1=O)C2. The van der Waals surface area contributed by atoms with Crippen LogP contribution in [0.15, 0.2) is 42.5 Å². The lowest BCUT2D eigenvalue weighted by Gasteiger charge is -2.36. The number of carbonyl (C=O) groups excluding carboxylic acids is 3. The summed E-state index contributed by atoms with van der Waals surface area (Å²) >= 11 is 0. The van der Waals surface area contributed by atoms with Crippen molar-refractivity contribution in [2.45, 2.75) is 31.0 Å². The van der Waals surface area contributed by atoms with Gasteiger partial charge in [0, 0.05) is 55.5 Å². The molecule has 4 amide bonds. The van der Waals surface area contributed by atoms with E-state index in [4.69, 9.17) is 10.1 Å². The molecule has 2 aromatic carbocycles. The molecular weight excluding hydrogens is 496 g/mol. The van der Waals surface area contributed by atoms with Crippen LogP contribution in [0.5, 0.6) is 5.75 Å². The second kappa shape index (κ2) is 9.75. The number of hydrogen-bond acceptors (Lipinski definition) is 6. The fourth-order valence-electron chi connectivity index (χ4n) is 5.44.